The van der Waals surface area contributed by atoms with E-state index in [1.807, 2.05) is 0 Å². The average Bonchev–Trinajstić information content (AvgIpc) is 2.83. The maximum absolute atomic E-state index is 12.2. The highest BCUT2D eigenvalue weighted by Crippen LogP contribution is 2.29. The molecule has 6 heteroatoms. The smallest absolute Gasteiger partial charge is 0.218 e. The van der Waals surface area contributed by atoms with Gasteiger partial charge in [-0.3, -0.25) is 4.79 Å². The van der Waals surface area contributed by atoms with Crippen LogP contribution in [-0.2, 0) is 9.84 Å². The molecule has 0 aliphatic heterocycles. The number of aldehydes is 1. The Kier molecular flexibility index (Phi) is 2.99. The number of para-hydroxylation sites is 1. The molecule has 2 aromatic rings. The summed E-state index contributed by atoms with van der Waals surface area (Å²) in [5, 5.41) is 1.67. The van der Waals surface area contributed by atoms with Crippen LogP contribution in [-0.4, -0.2) is 14.7 Å². The third-order valence-corrected chi connectivity index (χ3v) is 5.49. The van der Waals surface area contributed by atoms with E-state index in [1.54, 1.807) is 11.4 Å². The maximum atomic E-state index is 12.2. The number of sulfone groups is 1. The molecule has 1 aromatic heterocycles. The third-order valence-electron chi connectivity index (χ3n) is 2.28. The number of hydrogen-bond donors (Lipinski definition) is 1. The number of carbonyl (C=O) groups excluding carboxylic acids is 1. The number of thiophene rings is 1. The fourth-order valence-electron chi connectivity index (χ4n) is 1.42. The number of rotatable bonds is 3. The highest BCUT2D eigenvalue weighted by molar-refractivity contribution is 7.93. The molecule has 1 heterocycles. The van der Waals surface area contributed by atoms with Gasteiger partial charge >= 0.3 is 0 Å². The largest absolute Gasteiger partial charge is 0.397 e. The Morgan fingerprint density at radius 1 is 1.18 bits per heavy atom. The molecule has 0 aliphatic carbocycles. The molecule has 17 heavy (non-hydrogen) atoms. The van der Waals surface area contributed by atoms with Gasteiger partial charge in [0.1, 0.15) is 4.21 Å². The number of anilines is 1. The van der Waals surface area contributed by atoms with Crippen molar-refractivity contribution in [1.29, 1.82) is 0 Å². The second-order valence-corrected chi connectivity index (χ2v) is 6.41. The van der Waals surface area contributed by atoms with E-state index in [0.717, 1.165) is 11.3 Å². The number of benzene rings is 1. The quantitative estimate of drug-likeness (QED) is 0.681. The molecular formula is C11H9NO3S2. The fraction of sp³-hybridized carbons (Fsp3) is 0. The minimum Gasteiger partial charge on any atom is -0.397 e. The lowest BCUT2D eigenvalue weighted by molar-refractivity contribution is 0.112. The number of hydrogen-bond acceptors (Lipinski definition) is 5. The number of carbonyl (C=O) groups is 1. The van der Waals surface area contributed by atoms with E-state index in [-0.39, 0.29) is 20.4 Å². The van der Waals surface area contributed by atoms with Crippen LogP contribution in [0.1, 0.15) is 10.4 Å². The Hall–Kier alpha value is -1.66. The van der Waals surface area contributed by atoms with Gasteiger partial charge in [-0.05, 0) is 23.6 Å². The lowest BCUT2D eigenvalue weighted by Crippen LogP contribution is -2.06. The molecule has 88 valence electrons. The summed E-state index contributed by atoms with van der Waals surface area (Å²) >= 11 is 1.12. The van der Waals surface area contributed by atoms with Crippen molar-refractivity contribution in [1.82, 2.24) is 0 Å². The summed E-state index contributed by atoms with van der Waals surface area (Å²) < 4.78 is 24.6. The first-order valence-electron chi connectivity index (χ1n) is 4.69. The van der Waals surface area contributed by atoms with E-state index in [0.29, 0.717) is 6.29 Å². The van der Waals surface area contributed by atoms with Gasteiger partial charge < -0.3 is 5.73 Å². The monoisotopic (exact) mass is 267 g/mol. The van der Waals surface area contributed by atoms with Crippen LogP contribution < -0.4 is 5.73 Å². The summed E-state index contributed by atoms with van der Waals surface area (Å²) in [5.74, 6) is 0. The van der Waals surface area contributed by atoms with Crippen molar-refractivity contribution < 1.29 is 13.2 Å². The number of nitrogen functional groups attached to an aromatic ring is 1. The van der Waals surface area contributed by atoms with Crippen LogP contribution in [0.3, 0.4) is 0 Å². The van der Waals surface area contributed by atoms with Gasteiger partial charge in [-0.2, -0.15) is 0 Å². The van der Waals surface area contributed by atoms with Crippen molar-refractivity contribution >= 4 is 33.1 Å². The molecule has 0 atom stereocenters. The van der Waals surface area contributed by atoms with E-state index in [1.165, 1.54) is 24.3 Å². The van der Waals surface area contributed by atoms with Gasteiger partial charge in [0.25, 0.3) is 0 Å². The topological polar surface area (TPSA) is 77.2 Å². The van der Waals surface area contributed by atoms with Gasteiger partial charge in [-0.25, -0.2) is 8.42 Å². The summed E-state index contributed by atoms with van der Waals surface area (Å²) in [6.45, 7) is 0. The Balaban J connectivity index is 2.67. The Morgan fingerprint density at radius 2 is 1.94 bits per heavy atom. The molecule has 2 N–H and O–H groups in total. The third kappa shape index (κ3) is 1.96. The van der Waals surface area contributed by atoms with Gasteiger partial charge in [0.2, 0.25) is 9.84 Å². The van der Waals surface area contributed by atoms with Crippen LogP contribution in [0.4, 0.5) is 5.69 Å². The molecule has 1 aromatic carbocycles. The second kappa shape index (κ2) is 4.31. The van der Waals surface area contributed by atoms with Crippen LogP contribution in [0, 0.1) is 0 Å². The minimum absolute atomic E-state index is 0.00380. The van der Waals surface area contributed by atoms with Gasteiger partial charge in [0.05, 0.1) is 10.6 Å². The second-order valence-electron chi connectivity index (χ2n) is 3.31. The average molecular weight is 267 g/mol. The Morgan fingerprint density at radius 3 is 2.53 bits per heavy atom. The SMILES string of the molecule is Nc1c(C=O)cccc1S(=O)(=O)c1cccs1. The van der Waals surface area contributed by atoms with Crippen LogP contribution in [0.2, 0.25) is 0 Å². The van der Waals surface area contributed by atoms with Crippen LogP contribution in [0.5, 0.6) is 0 Å². The normalized spacial score (nSPS) is 11.3. The molecule has 0 spiro atoms. The summed E-state index contributed by atoms with van der Waals surface area (Å²) in [6.07, 6.45) is 0.544. The van der Waals surface area contributed by atoms with Crippen molar-refractivity contribution in [3.05, 3.63) is 41.3 Å². The highest BCUT2D eigenvalue weighted by atomic mass is 32.2. The van der Waals surface area contributed by atoms with Crippen LogP contribution in [0.15, 0.2) is 44.8 Å². The molecule has 0 unspecified atom stereocenters. The molecule has 0 amide bonds. The van der Waals surface area contributed by atoms with E-state index < -0.39 is 9.84 Å². The van der Waals surface area contributed by atoms with Crippen molar-refractivity contribution in [2.45, 2.75) is 9.10 Å². The van der Waals surface area contributed by atoms with E-state index in [9.17, 15) is 13.2 Å². The molecule has 0 aliphatic rings. The standard InChI is InChI=1S/C11H9NO3S2/c12-11-8(7-13)3-1-4-9(11)17(14,15)10-5-2-6-16-10/h1-7H,12H2. The van der Waals surface area contributed by atoms with Gasteiger partial charge in [0, 0.05) is 5.56 Å². The van der Waals surface area contributed by atoms with Crippen molar-refractivity contribution in [3.8, 4) is 0 Å². The zero-order chi connectivity index (χ0) is 12.5. The molecule has 0 saturated heterocycles. The van der Waals surface area contributed by atoms with E-state index in [2.05, 4.69) is 0 Å². The fourth-order valence-corrected chi connectivity index (χ4v) is 3.95. The predicted octanol–water partition coefficient (Wildman–Crippen LogP) is 1.98. The molecular weight excluding hydrogens is 258 g/mol. The van der Waals surface area contributed by atoms with Crippen molar-refractivity contribution in [2.24, 2.45) is 0 Å². The summed E-state index contributed by atoms with van der Waals surface area (Å²) in [6, 6.07) is 7.54. The first-order chi connectivity index (χ1) is 8.07. The number of nitrogens with two attached hydrogens (primary N) is 1. The van der Waals surface area contributed by atoms with E-state index >= 15 is 0 Å². The molecule has 4 nitrogen and oxygen atoms in total. The first-order valence-corrected chi connectivity index (χ1v) is 7.06. The Labute approximate surface area is 103 Å². The van der Waals surface area contributed by atoms with Crippen molar-refractivity contribution in [2.75, 3.05) is 5.73 Å². The zero-order valence-electron chi connectivity index (χ0n) is 8.66. The Bertz CT molecular complexity index is 645. The summed E-state index contributed by atoms with van der Waals surface area (Å²) in [5.41, 5.74) is 5.86. The van der Waals surface area contributed by atoms with Gasteiger partial charge in [-0.1, -0.05) is 12.1 Å². The lowest BCUT2D eigenvalue weighted by atomic mass is 10.2. The van der Waals surface area contributed by atoms with Crippen LogP contribution >= 0.6 is 11.3 Å². The minimum atomic E-state index is -3.62. The summed E-state index contributed by atoms with van der Waals surface area (Å²) in [4.78, 5) is 10.7. The molecule has 0 bridgehead atoms. The molecule has 2 rings (SSSR count). The van der Waals surface area contributed by atoms with Crippen LogP contribution in [0.25, 0.3) is 0 Å². The van der Waals surface area contributed by atoms with Gasteiger partial charge in [0.15, 0.2) is 6.29 Å². The predicted molar refractivity (Wildman–Crippen MR) is 66.0 cm³/mol. The molecule has 0 fully saturated rings. The highest BCUT2D eigenvalue weighted by Gasteiger charge is 2.22. The molecule has 0 saturated carbocycles. The lowest BCUT2D eigenvalue weighted by Gasteiger charge is -2.07. The summed E-state index contributed by atoms with van der Waals surface area (Å²) in [7, 11) is -3.62. The zero-order valence-corrected chi connectivity index (χ0v) is 10.3. The first kappa shape index (κ1) is 11.8. The maximum Gasteiger partial charge on any atom is 0.218 e. The van der Waals surface area contributed by atoms with Crippen molar-refractivity contribution in [3.63, 3.8) is 0 Å². The van der Waals surface area contributed by atoms with E-state index in [4.69, 9.17) is 5.73 Å². The van der Waals surface area contributed by atoms with Gasteiger partial charge in [-0.15, -0.1) is 11.3 Å². The molecule has 0 radical (unpaired) electrons.